The van der Waals surface area contributed by atoms with E-state index in [9.17, 15) is 4.39 Å². The van der Waals surface area contributed by atoms with Gasteiger partial charge in [-0.1, -0.05) is 17.7 Å². The number of benzene rings is 1. The monoisotopic (exact) mass is 328 g/mol. The largest absolute Gasteiger partial charge is 0.380 e. The third-order valence-electron chi connectivity index (χ3n) is 2.55. The molecule has 0 spiro atoms. The molecule has 0 aliphatic rings. The molecule has 0 amide bonds. The average molecular weight is 330 g/mol. The molecule has 1 N–H and O–H groups in total. The van der Waals surface area contributed by atoms with Crippen molar-refractivity contribution in [1.29, 1.82) is 0 Å². The highest BCUT2D eigenvalue weighted by atomic mass is 79.9. The Labute approximate surface area is 118 Å². The maximum Gasteiger partial charge on any atom is 0.129 e. The number of nitrogens with zero attached hydrogens (tertiary/aromatic N) is 1. The second kappa shape index (κ2) is 5.67. The fourth-order valence-electron chi connectivity index (χ4n) is 1.55. The number of rotatable bonds is 3. The van der Waals surface area contributed by atoms with E-state index in [2.05, 4.69) is 26.2 Å². The molecule has 2 nitrogen and oxygen atoms in total. The molecule has 0 aliphatic carbocycles. The van der Waals surface area contributed by atoms with Gasteiger partial charge >= 0.3 is 0 Å². The maximum atomic E-state index is 13.5. The van der Waals surface area contributed by atoms with Crippen LogP contribution in [0.1, 0.15) is 11.1 Å². The van der Waals surface area contributed by atoms with Crippen molar-refractivity contribution in [3.05, 3.63) is 57.0 Å². The first-order valence-corrected chi connectivity index (χ1v) is 6.54. The third kappa shape index (κ3) is 3.00. The van der Waals surface area contributed by atoms with Crippen LogP contribution in [0.4, 0.5) is 10.1 Å². The Morgan fingerprint density at radius 1 is 1.44 bits per heavy atom. The van der Waals surface area contributed by atoms with Gasteiger partial charge < -0.3 is 5.32 Å². The zero-order chi connectivity index (χ0) is 13.1. The Morgan fingerprint density at radius 3 is 2.89 bits per heavy atom. The first-order valence-electron chi connectivity index (χ1n) is 5.37. The van der Waals surface area contributed by atoms with Crippen molar-refractivity contribution in [2.24, 2.45) is 0 Å². The molecule has 1 aromatic heterocycles. The minimum absolute atomic E-state index is 0.309. The standard InChI is InChI=1S/C13H11BrClFN2/c1-8-5-9(6-18-13(8)14)17-7-10-11(15)3-2-4-12(10)16/h2-6,17H,7H2,1H3. The van der Waals surface area contributed by atoms with Crippen LogP contribution >= 0.6 is 27.5 Å². The molecule has 0 radical (unpaired) electrons. The molecule has 0 saturated carbocycles. The second-order valence-corrected chi connectivity index (χ2v) is 5.04. The summed E-state index contributed by atoms with van der Waals surface area (Å²) < 4.78 is 14.4. The van der Waals surface area contributed by atoms with Crippen molar-refractivity contribution >= 4 is 33.2 Å². The minimum Gasteiger partial charge on any atom is -0.380 e. The third-order valence-corrected chi connectivity index (χ3v) is 3.73. The van der Waals surface area contributed by atoms with Gasteiger partial charge in [-0.3, -0.25) is 0 Å². The summed E-state index contributed by atoms with van der Waals surface area (Å²) in [7, 11) is 0. The zero-order valence-electron chi connectivity index (χ0n) is 9.67. The normalized spacial score (nSPS) is 10.4. The molecule has 0 saturated heterocycles. The lowest BCUT2D eigenvalue weighted by Gasteiger charge is -2.09. The van der Waals surface area contributed by atoms with Crippen molar-refractivity contribution in [3.8, 4) is 0 Å². The van der Waals surface area contributed by atoms with E-state index >= 15 is 0 Å². The Hall–Kier alpha value is -1.13. The number of aromatic nitrogens is 1. The quantitative estimate of drug-likeness (QED) is 0.835. The van der Waals surface area contributed by atoms with Gasteiger partial charge in [0.25, 0.3) is 0 Å². The van der Waals surface area contributed by atoms with Crippen molar-refractivity contribution in [3.63, 3.8) is 0 Å². The molecule has 0 bridgehead atoms. The summed E-state index contributed by atoms with van der Waals surface area (Å²) in [4.78, 5) is 4.16. The second-order valence-electron chi connectivity index (χ2n) is 3.89. The molecular formula is C13H11BrClFN2. The SMILES string of the molecule is Cc1cc(NCc2c(F)cccc2Cl)cnc1Br. The van der Waals surface area contributed by atoms with Crippen LogP contribution in [0.25, 0.3) is 0 Å². The van der Waals surface area contributed by atoms with Crippen LogP contribution in [0.2, 0.25) is 5.02 Å². The van der Waals surface area contributed by atoms with Crippen molar-refractivity contribution in [2.45, 2.75) is 13.5 Å². The van der Waals surface area contributed by atoms with Gasteiger partial charge in [0, 0.05) is 17.1 Å². The Balaban J connectivity index is 2.14. The van der Waals surface area contributed by atoms with E-state index in [1.54, 1.807) is 18.3 Å². The molecule has 5 heteroatoms. The van der Waals surface area contributed by atoms with Crippen LogP contribution in [-0.2, 0) is 6.54 Å². The Bertz CT molecular complexity index is 555. The van der Waals surface area contributed by atoms with E-state index in [4.69, 9.17) is 11.6 Å². The van der Waals surface area contributed by atoms with Crippen LogP contribution in [-0.4, -0.2) is 4.98 Å². The molecule has 0 unspecified atom stereocenters. The van der Waals surface area contributed by atoms with Crippen LogP contribution in [0, 0.1) is 12.7 Å². The van der Waals surface area contributed by atoms with Crippen LogP contribution in [0.3, 0.4) is 0 Å². The van der Waals surface area contributed by atoms with Crippen LogP contribution in [0.5, 0.6) is 0 Å². The molecule has 0 fully saturated rings. The minimum atomic E-state index is -0.309. The lowest BCUT2D eigenvalue weighted by atomic mass is 10.2. The summed E-state index contributed by atoms with van der Waals surface area (Å²) in [6, 6.07) is 6.60. The van der Waals surface area contributed by atoms with Crippen molar-refractivity contribution < 1.29 is 4.39 Å². The summed E-state index contributed by atoms with van der Waals surface area (Å²) in [5, 5.41) is 3.52. The number of halogens is 3. The maximum absolute atomic E-state index is 13.5. The summed E-state index contributed by atoms with van der Waals surface area (Å²) in [5.41, 5.74) is 2.30. The van der Waals surface area contributed by atoms with Gasteiger partial charge in [0.15, 0.2) is 0 Å². The highest BCUT2D eigenvalue weighted by Crippen LogP contribution is 2.21. The van der Waals surface area contributed by atoms with E-state index in [1.807, 2.05) is 13.0 Å². The number of hydrogen-bond acceptors (Lipinski definition) is 2. The van der Waals surface area contributed by atoms with Crippen LogP contribution < -0.4 is 5.32 Å². The molecule has 0 aliphatic heterocycles. The van der Waals surface area contributed by atoms with Gasteiger partial charge in [-0.25, -0.2) is 9.37 Å². The number of nitrogens with one attached hydrogen (secondary N) is 1. The summed E-state index contributed by atoms with van der Waals surface area (Å²) in [6.45, 7) is 2.27. The van der Waals surface area contributed by atoms with Gasteiger partial charge in [0.2, 0.25) is 0 Å². The fraction of sp³-hybridized carbons (Fsp3) is 0.154. The van der Waals surface area contributed by atoms with E-state index < -0.39 is 0 Å². The summed E-state index contributed by atoms with van der Waals surface area (Å²) >= 11 is 9.28. The number of pyridine rings is 1. The highest BCUT2D eigenvalue weighted by molar-refractivity contribution is 9.10. The topological polar surface area (TPSA) is 24.9 Å². The summed E-state index contributed by atoms with van der Waals surface area (Å²) in [5.74, 6) is -0.309. The van der Waals surface area contributed by atoms with Crippen molar-refractivity contribution in [2.75, 3.05) is 5.32 Å². The van der Waals surface area contributed by atoms with Gasteiger partial charge in [0.05, 0.1) is 11.9 Å². The number of hydrogen-bond donors (Lipinski definition) is 1. The molecule has 2 aromatic rings. The fourth-order valence-corrected chi connectivity index (χ4v) is 1.99. The molecule has 0 atom stereocenters. The zero-order valence-corrected chi connectivity index (χ0v) is 12.0. The van der Waals surface area contributed by atoms with Gasteiger partial charge in [-0.2, -0.15) is 0 Å². The molecular weight excluding hydrogens is 319 g/mol. The molecule has 1 aromatic carbocycles. The predicted octanol–water partition coefficient (Wildman–Crippen LogP) is 4.56. The van der Waals surface area contributed by atoms with Gasteiger partial charge in [0.1, 0.15) is 10.4 Å². The van der Waals surface area contributed by atoms with Gasteiger partial charge in [-0.05, 0) is 46.6 Å². The molecule has 1 heterocycles. The first kappa shape index (κ1) is 13.3. The summed E-state index contributed by atoms with van der Waals surface area (Å²) in [6.07, 6.45) is 1.69. The smallest absolute Gasteiger partial charge is 0.129 e. The van der Waals surface area contributed by atoms with E-state index in [0.717, 1.165) is 15.9 Å². The van der Waals surface area contributed by atoms with E-state index in [-0.39, 0.29) is 5.82 Å². The number of anilines is 1. The predicted molar refractivity (Wildman–Crippen MR) is 75.4 cm³/mol. The lowest BCUT2D eigenvalue weighted by Crippen LogP contribution is -2.03. The first-order chi connectivity index (χ1) is 8.58. The average Bonchev–Trinajstić information content (AvgIpc) is 2.33. The molecule has 94 valence electrons. The van der Waals surface area contributed by atoms with E-state index in [0.29, 0.717) is 17.1 Å². The number of aryl methyl sites for hydroxylation is 1. The van der Waals surface area contributed by atoms with E-state index in [1.165, 1.54) is 6.07 Å². The lowest BCUT2D eigenvalue weighted by molar-refractivity contribution is 0.613. The van der Waals surface area contributed by atoms with Crippen molar-refractivity contribution in [1.82, 2.24) is 4.98 Å². The highest BCUT2D eigenvalue weighted by Gasteiger charge is 2.06. The Morgan fingerprint density at radius 2 is 2.22 bits per heavy atom. The molecule has 2 rings (SSSR count). The molecule has 18 heavy (non-hydrogen) atoms. The van der Waals surface area contributed by atoms with Gasteiger partial charge in [-0.15, -0.1) is 0 Å². The van der Waals surface area contributed by atoms with Crippen LogP contribution in [0.15, 0.2) is 35.1 Å². The Kier molecular flexibility index (Phi) is 4.19.